The molecule has 0 unspecified atom stereocenters. The van der Waals surface area contributed by atoms with E-state index in [2.05, 4.69) is 20.6 Å². The molecule has 0 saturated carbocycles. The van der Waals surface area contributed by atoms with Crippen LogP contribution in [0.15, 0.2) is 34.3 Å². The number of aliphatic imine (C=N–C) groups is 2. The van der Waals surface area contributed by atoms with E-state index in [4.69, 9.17) is 0 Å². The predicted octanol–water partition coefficient (Wildman–Crippen LogP) is 0.848. The van der Waals surface area contributed by atoms with Crippen LogP contribution in [0.3, 0.4) is 0 Å². The molecule has 2 aliphatic heterocycles. The number of anilines is 1. The maximum atomic E-state index is 11.4. The molecule has 16 heavy (non-hydrogen) atoms. The second kappa shape index (κ2) is 2.99. The molecule has 0 aromatic heterocycles. The van der Waals surface area contributed by atoms with Crippen molar-refractivity contribution in [1.82, 2.24) is 5.32 Å². The molecule has 0 spiro atoms. The van der Waals surface area contributed by atoms with Gasteiger partial charge in [-0.1, -0.05) is 12.1 Å². The smallest absolute Gasteiger partial charge is 0.336 e. The Morgan fingerprint density at radius 1 is 1.06 bits per heavy atom. The van der Waals surface area contributed by atoms with Gasteiger partial charge in [0, 0.05) is 0 Å². The van der Waals surface area contributed by atoms with E-state index in [0.717, 1.165) is 0 Å². The van der Waals surface area contributed by atoms with Crippen LogP contribution in [0.2, 0.25) is 0 Å². The lowest BCUT2D eigenvalue weighted by Crippen LogP contribution is -2.43. The summed E-state index contributed by atoms with van der Waals surface area (Å²) in [6, 6.07) is 6.38. The van der Waals surface area contributed by atoms with E-state index in [0.29, 0.717) is 11.4 Å². The Morgan fingerprint density at radius 2 is 1.88 bits per heavy atom. The lowest BCUT2D eigenvalue weighted by atomic mass is 10.2. The molecule has 2 aliphatic rings. The third kappa shape index (κ3) is 1.20. The Hall–Kier alpha value is -2.50. The normalized spacial score (nSPS) is 17.5. The number of hydrogen-bond donors (Lipinski definition) is 1. The molecule has 1 aromatic carbocycles. The molecule has 0 saturated heterocycles. The van der Waals surface area contributed by atoms with E-state index in [-0.39, 0.29) is 11.5 Å². The summed E-state index contributed by atoms with van der Waals surface area (Å²) in [7, 11) is 0. The Labute approximate surface area is 90.1 Å². The van der Waals surface area contributed by atoms with Gasteiger partial charge >= 0.3 is 11.9 Å². The van der Waals surface area contributed by atoms with Gasteiger partial charge in [-0.15, -0.1) is 5.32 Å². The van der Waals surface area contributed by atoms with Gasteiger partial charge in [-0.25, -0.2) is 9.79 Å². The van der Waals surface area contributed by atoms with E-state index >= 15 is 0 Å². The van der Waals surface area contributed by atoms with Crippen LogP contribution in [0, 0.1) is 0 Å². The standard InChI is InChI=1S/C10H5N4O2/c15-9-7-8(13-10(16)14-9)12-6-4-2-1-3-5(6)11-7/h1-4H,(H,12,13,16). The molecule has 6 heteroatoms. The molecule has 0 bridgehead atoms. The quantitative estimate of drug-likeness (QED) is 0.693. The zero-order valence-corrected chi connectivity index (χ0v) is 7.97. The Bertz CT molecular complexity index is 574. The first-order valence-electron chi connectivity index (χ1n) is 4.58. The van der Waals surface area contributed by atoms with Crippen LogP contribution in [-0.4, -0.2) is 23.5 Å². The molecule has 1 N–H and O–H groups in total. The van der Waals surface area contributed by atoms with Gasteiger partial charge in [0.05, 0.1) is 11.4 Å². The number of carbonyl (C=O) groups is 2. The highest BCUT2D eigenvalue weighted by atomic mass is 16.2. The van der Waals surface area contributed by atoms with Crippen LogP contribution < -0.4 is 10.6 Å². The molecule has 6 nitrogen and oxygen atoms in total. The number of hydrogen-bond acceptors (Lipinski definition) is 4. The van der Waals surface area contributed by atoms with Crippen molar-refractivity contribution in [2.75, 3.05) is 5.32 Å². The van der Waals surface area contributed by atoms with Crippen molar-refractivity contribution in [2.45, 2.75) is 0 Å². The Balaban J connectivity index is 2.19. The largest absolute Gasteiger partial charge is 0.372 e. The van der Waals surface area contributed by atoms with Gasteiger partial charge in [-0.3, -0.25) is 4.79 Å². The average Bonchev–Trinajstić information content (AvgIpc) is 2.27. The summed E-state index contributed by atoms with van der Waals surface area (Å²) in [4.78, 5) is 30.1. The van der Waals surface area contributed by atoms with Crippen LogP contribution in [0.25, 0.3) is 0 Å². The van der Waals surface area contributed by atoms with Crippen LogP contribution in [0.4, 0.5) is 16.2 Å². The number of rotatable bonds is 0. The van der Waals surface area contributed by atoms with Gasteiger partial charge < -0.3 is 5.32 Å². The third-order valence-corrected chi connectivity index (χ3v) is 2.22. The number of imide groups is 1. The summed E-state index contributed by atoms with van der Waals surface area (Å²) in [5, 5.41) is 6.08. The highest BCUT2D eigenvalue weighted by Gasteiger charge is 2.31. The van der Waals surface area contributed by atoms with Gasteiger partial charge in [0.25, 0.3) is 0 Å². The second-order valence-corrected chi connectivity index (χ2v) is 3.26. The number of benzene rings is 1. The number of nitrogens with one attached hydrogen (secondary N) is 1. The molecule has 0 aliphatic carbocycles. The summed E-state index contributed by atoms with van der Waals surface area (Å²) >= 11 is 0. The minimum Gasteiger partial charge on any atom is -0.336 e. The summed E-state index contributed by atoms with van der Waals surface area (Å²) in [5.41, 5.74) is 1.43. The molecule has 3 rings (SSSR count). The van der Waals surface area contributed by atoms with Gasteiger partial charge in [0.15, 0.2) is 11.5 Å². The molecule has 3 amide bonds. The maximum absolute atomic E-state index is 11.4. The summed E-state index contributed by atoms with van der Waals surface area (Å²) in [6.45, 7) is 0. The van der Waals surface area contributed by atoms with E-state index in [1.807, 2.05) is 12.1 Å². The fourth-order valence-electron chi connectivity index (χ4n) is 1.53. The predicted molar refractivity (Wildman–Crippen MR) is 57.1 cm³/mol. The number of fused-ring (bicyclic) bond motifs is 2. The third-order valence-electron chi connectivity index (χ3n) is 2.22. The van der Waals surface area contributed by atoms with Crippen LogP contribution in [-0.2, 0) is 4.79 Å². The van der Waals surface area contributed by atoms with Crippen LogP contribution >= 0.6 is 0 Å². The van der Waals surface area contributed by atoms with E-state index < -0.39 is 11.9 Å². The van der Waals surface area contributed by atoms with Crippen molar-refractivity contribution >= 4 is 34.9 Å². The maximum Gasteiger partial charge on any atom is 0.372 e. The highest BCUT2D eigenvalue weighted by molar-refractivity contribution is 6.72. The van der Waals surface area contributed by atoms with Crippen molar-refractivity contribution in [2.24, 2.45) is 9.98 Å². The zero-order valence-electron chi connectivity index (χ0n) is 7.97. The lowest BCUT2D eigenvalue weighted by Gasteiger charge is -2.19. The summed E-state index contributed by atoms with van der Waals surface area (Å²) in [5.74, 6) is -0.485. The number of carbonyl (C=O) groups excluding carboxylic acids is 2. The number of amides is 3. The first-order chi connectivity index (χ1) is 7.74. The van der Waals surface area contributed by atoms with Crippen LogP contribution in [0.1, 0.15) is 0 Å². The second-order valence-electron chi connectivity index (χ2n) is 3.26. The minimum absolute atomic E-state index is 0.0818. The van der Waals surface area contributed by atoms with Crippen molar-refractivity contribution in [3.63, 3.8) is 0 Å². The van der Waals surface area contributed by atoms with E-state index in [1.165, 1.54) is 0 Å². The SMILES string of the molecule is O=C1[N]C(=O)C2=Nc3ccccc3NC2=N1. The molecule has 0 atom stereocenters. The van der Waals surface area contributed by atoms with Gasteiger partial charge in [-0.05, 0) is 12.1 Å². The van der Waals surface area contributed by atoms with Gasteiger partial charge in [0.2, 0.25) is 0 Å². The molecular formula is C10H5N4O2. The lowest BCUT2D eigenvalue weighted by molar-refractivity contribution is -0.113. The van der Waals surface area contributed by atoms with Crippen molar-refractivity contribution < 1.29 is 9.59 Å². The Morgan fingerprint density at radius 3 is 2.75 bits per heavy atom. The van der Waals surface area contributed by atoms with Crippen molar-refractivity contribution in [1.29, 1.82) is 0 Å². The number of amidine groups is 1. The molecule has 2 heterocycles. The molecule has 1 aromatic rings. The number of urea groups is 1. The minimum atomic E-state index is -0.800. The summed E-state index contributed by atoms with van der Waals surface area (Å²) < 4.78 is 0. The van der Waals surface area contributed by atoms with Crippen molar-refractivity contribution in [3.8, 4) is 0 Å². The fourth-order valence-corrected chi connectivity index (χ4v) is 1.53. The summed E-state index contributed by atoms with van der Waals surface area (Å²) in [6.07, 6.45) is 0. The monoisotopic (exact) mass is 213 g/mol. The fraction of sp³-hybridized carbons (Fsp3) is 0. The Kier molecular flexibility index (Phi) is 1.64. The van der Waals surface area contributed by atoms with Crippen molar-refractivity contribution in [3.05, 3.63) is 24.3 Å². The van der Waals surface area contributed by atoms with Gasteiger partial charge in [0.1, 0.15) is 0 Å². The number of para-hydroxylation sites is 2. The topological polar surface area (TPSA) is 85.0 Å². The number of nitrogens with zero attached hydrogens (tertiary/aromatic N) is 3. The molecule has 77 valence electrons. The van der Waals surface area contributed by atoms with E-state index in [1.54, 1.807) is 12.1 Å². The zero-order chi connectivity index (χ0) is 11.1. The molecular weight excluding hydrogens is 208 g/mol. The average molecular weight is 213 g/mol. The van der Waals surface area contributed by atoms with Crippen LogP contribution in [0.5, 0.6) is 0 Å². The molecule has 0 fully saturated rings. The molecule has 1 radical (unpaired) electrons. The van der Waals surface area contributed by atoms with E-state index in [9.17, 15) is 9.59 Å². The first kappa shape index (κ1) is 8.78. The first-order valence-corrected chi connectivity index (χ1v) is 4.58. The van der Waals surface area contributed by atoms with Gasteiger partial charge in [-0.2, -0.15) is 4.99 Å². The highest BCUT2D eigenvalue weighted by Crippen LogP contribution is 2.28.